The fourth-order valence-corrected chi connectivity index (χ4v) is 1.37. The Kier molecular flexibility index (Phi) is 6.39. The molecule has 0 aliphatic carbocycles. The molecule has 0 aliphatic rings. The van der Waals surface area contributed by atoms with E-state index in [4.69, 9.17) is 5.73 Å². The van der Waals surface area contributed by atoms with Gasteiger partial charge in [0.1, 0.15) is 0 Å². The molecule has 1 N–H and O–H groups in total. The van der Waals surface area contributed by atoms with Gasteiger partial charge in [0.25, 0.3) is 0 Å². The van der Waals surface area contributed by atoms with Crippen LogP contribution in [-0.4, -0.2) is 24.6 Å². The number of hydrogen-bond acceptors (Lipinski definition) is 0. The highest BCUT2D eigenvalue weighted by molar-refractivity contribution is 4.90. The summed E-state index contributed by atoms with van der Waals surface area (Å²) in [5.74, 6) is -11.1. The van der Waals surface area contributed by atoms with Crippen LogP contribution >= 0.6 is 0 Å². The second kappa shape index (κ2) is 6.58. The van der Waals surface area contributed by atoms with Crippen molar-refractivity contribution in [3.63, 3.8) is 0 Å². The van der Waals surface area contributed by atoms with Crippen LogP contribution in [0.4, 0.5) is 30.7 Å². The summed E-state index contributed by atoms with van der Waals surface area (Å²) in [5.41, 5.74) is 6.79. The Hall–Kier alpha value is -0.530. The van der Waals surface area contributed by atoms with Crippen molar-refractivity contribution in [2.45, 2.75) is 56.5 Å². The maximum atomic E-state index is 12.8. The van der Waals surface area contributed by atoms with E-state index in [-0.39, 0.29) is 13.0 Å². The molecule has 0 bridgehead atoms. The fraction of sp³-hybridized carbons (Fsp3) is 1.00. The topological polar surface area (TPSA) is 23.8 Å². The Balaban J connectivity index is 4.15. The summed E-state index contributed by atoms with van der Waals surface area (Å²) in [4.78, 5) is 0. The van der Waals surface area contributed by atoms with E-state index in [1.807, 2.05) is 0 Å². The molecule has 1 radical (unpaired) electrons. The quantitative estimate of drug-likeness (QED) is 0.464. The van der Waals surface area contributed by atoms with Crippen molar-refractivity contribution in [2.24, 2.45) is 0 Å². The number of unbranched alkanes of at least 4 members (excludes halogenated alkanes) is 4. The van der Waals surface area contributed by atoms with E-state index in [0.29, 0.717) is 19.3 Å². The minimum absolute atomic E-state index is 0.156. The van der Waals surface area contributed by atoms with Crippen molar-refractivity contribution in [3.05, 3.63) is 0 Å². The van der Waals surface area contributed by atoms with Crippen molar-refractivity contribution in [2.75, 3.05) is 6.54 Å². The first-order valence-electron chi connectivity index (χ1n) is 5.53. The Morgan fingerprint density at radius 3 is 1.56 bits per heavy atom. The van der Waals surface area contributed by atoms with Gasteiger partial charge in [-0.15, -0.1) is 0 Å². The smallest absolute Gasteiger partial charge is 0.258 e. The van der Waals surface area contributed by atoms with E-state index in [1.54, 1.807) is 0 Å². The summed E-state index contributed by atoms with van der Waals surface area (Å²) in [6.45, 7) is 0.183. The molecule has 0 fully saturated rings. The van der Waals surface area contributed by atoms with Gasteiger partial charge >= 0.3 is 18.0 Å². The van der Waals surface area contributed by atoms with E-state index in [1.165, 1.54) is 0 Å². The lowest BCUT2D eigenvalue weighted by atomic mass is 10.0. The Morgan fingerprint density at radius 1 is 0.667 bits per heavy atom. The monoisotopic (exact) mass is 282 g/mol. The second-order valence-corrected chi connectivity index (χ2v) is 4.04. The molecule has 0 spiro atoms. The third-order valence-corrected chi connectivity index (χ3v) is 2.48. The highest BCUT2D eigenvalue weighted by atomic mass is 19.4. The molecular formula is C10H15F7N. The van der Waals surface area contributed by atoms with E-state index >= 15 is 0 Å². The van der Waals surface area contributed by atoms with Gasteiger partial charge in [-0.3, -0.25) is 5.73 Å². The molecule has 0 atom stereocenters. The van der Waals surface area contributed by atoms with Crippen molar-refractivity contribution >= 4 is 0 Å². The minimum atomic E-state index is -6.23. The molecule has 0 saturated heterocycles. The van der Waals surface area contributed by atoms with E-state index < -0.39 is 30.9 Å². The lowest BCUT2D eigenvalue weighted by Crippen LogP contribution is -2.51. The molecule has 1 nitrogen and oxygen atoms in total. The summed E-state index contributed by atoms with van der Waals surface area (Å²) >= 11 is 0. The molecule has 0 heterocycles. The minimum Gasteiger partial charge on any atom is -0.258 e. The van der Waals surface area contributed by atoms with Gasteiger partial charge in [0.2, 0.25) is 0 Å². The Morgan fingerprint density at radius 2 is 1.11 bits per heavy atom. The van der Waals surface area contributed by atoms with Crippen LogP contribution in [0.2, 0.25) is 0 Å². The zero-order valence-corrected chi connectivity index (χ0v) is 9.60. The SMILES string of the molecule is [NH]CCCCCCCC(F)(F)C(F)(F)C(F)(F)F. The highest BCUT2D eigenvalue weighted by Gasteiger charge is 2.72. The average molecular weight is 282 g/mol. The molecule has 18 heavy (non-hydrogen) atoms. The lowest BCUT2D eigenvalue weighted by molar-refractivity contribution is -0.355. The van der Waals surface area contributed by atoms with E-state index in [2.05, 4.69) is 0 Å². The zero-order valence-electron chi connectivity index (χ0n) is 9.60. The van der Waals surface area contributed by atoms with Crippen LogP contribution in [0, 0.1) is 0 Å². The molecule has 109 valence electrons. The predicted molar refractivity (Wildman–Crippen MR) is 51.6 cm³/mol. The third-order valence-electron chi connectivity index (χ3n) is 2.48. The second-order valence-electron chi connectivity index (χ2n) is 4.04. The normalized spacial score (nSPS) is 14.0. The van der Waals surface area contributed by atoms with Gasteiger partial charge in [-0.05, 0) is 12.8 Å². The number of nitrogens with one attached hydrogen (secondary N) is 1. The molecule has 0 aromatic heterocycles. The summed E-state index contributed by atoms with van der Waals surface area (Å²) in [7, 11) is 0. The molecule has 0 rings (SSSR count). The lowest BCUT2D eigenvalue weighted by Gasteiger charge is -2.28. The van der Waals surface area contributed by atoms with Gasteiger partial charge in [-0.2, -0.15) is 30.7 Å². The highest BCUT2D eigenvalue weighted by Crippen LogP contribution is 2.48. The molecular weight excluding hydrogens is 267 g/mol. The number of rotatable bonds is 8. The maximum Gasteiger partial charge on any atom is 0.459 e. The standard InChI is InChI=1S/C10H15F7N/c11-8(12,9(13,14)10(15,16)17)6-4-2-1-3-5-7-18/h18H,1-7H2. The van der Waals surface area contributed by atoms with Gasteiger partial charge in [-0.1, -0.05) is 19.3 Å². The molecule has 0 unspecified atom stereocenters. The molecule has 0 saturated carbocycles. The Bertz CT molecular complexity index is 237. The van der Waals surface area contributed by atoms with Crippen LogP contribution < -0.4 is 5.73 Å². The molecule has 0 aliphatic heterocycles. The van der Waals surface area contributed by atoms with Crippen molar-refractivity contribution < 1.29 is 30.7 Å². The third kappa shape index (κ3) is 4.62. The number of halogens is 7. The first kappa shape index (κ1) is 17.5. The number of hydrogen-bond donors (Lipinski definition) is 0. The number of alkyl halides is 7. The van der Waals surface area contributed by atoms with Crippen molar-refractivity contribution in [1.82, 2.24) is 5.73 Å². The van der Waals surface area contributed by atoms with Crippen LogP contribution in [-0.2, 0) is 0 Å². The van der Waals surface area contributed by atoms with Crippen LogP contribution in [0.1, 0.15) is 38.5 Å². The van der Waals surface area contributed by atoms with Crippen molar-refractivity contribution in [3.8, 4) is 0 Å². The summed E-state index contributed by atoms with van der Waals surface area (Å²) < 4.78 is 85.7. The molecule has 0 amide bonds. The first-order chi connectivity index (χ1) is 8.06. The summed E-state index contributed by atoms with van der Waals surface area (Å²) in [6.07, 6.45) is -6.35. The molecule has 0 aromatic carbocycles. The molecule has 0 aromatic rings. The molecule has 8 heteroatoms. The van der Waals surface area contributed by atoms with Gasteiger partial charge in [0.15, 0.2) is 0 Å². The van der Waals surface area contributed by atoms with E-state index in [9.17, 15) is 30.7 Å². The average Bonchev–Trinajstić information content (AvgIpc) is 2.21. The van der Waals surface area contributed by atoms with Crippen molar-refractivity contribution in [1.29, 1.82) is 0 Å². The largest absolute Gasteiger partial charge is 0.459 e. The zero-order chi connectivity index (χ0) is 14.4. The van der Waals surface area contributed by atoms with Gasteiger partial charge in [-0.25, -0.2) is 0 Å². The van der Waals surface area contributed by atoms with Gasteiger partial charge < -0.3 is 0 Å². The van der Waals surface area contributed by atoms with Gasteiger partial charge in [0, 0.05) is 13.0 Å². The van der Waals surface area contributed by atoms with Crippen LogP contribution in [0.3, 0.4) is 0 Å². The fourth-order valence-electron chi connectivity index (χ4n) is 1.37. The van der Waals surface area contributed by atoms with Gasteiger partial charge in [0.05, 0.1) is 0 Å². The summed E-state index contributed by atoms with van der Waals surface area (Å²) in [6, 6.07) is 0. The van der Waals surface area contributed by atoms with E-state index in [0.717, 1.165) is 0 Å². The van der Waals surface area contributed by atoms with Crippen LogP contribution in [0.15, 0.2) is 0 Å². The maximum absolute atomic E-state index is 12.8. The van der Waals surface area contributed by atoms with Crippen LogP contribution in [0.5, 0.6) is 0 Å². The summed E-state index contributed by atoms with van der Waals surface area (Å²) in [5, 5.41) is 0. The van der Waals surface area contributed by atoms with Crippen LogP contribution in [0.25, 0.3) is 0 Å². The Labute approximate surface area is 101 Å². The first-order valence-corrected chi connectivity index (χ1v) is 5.53. The predicted octanol–water partition coefficient (Wildman–Crippen LogP) is 4.44.